The van der Waals surface area contributed by atoms with Gasteiger partial charge in [0, 0.05) is 47.4 Å². The lowest BCUT2D eigenvalue weighted by molar-refractivity contribution is 0.122. The van der Waals surface area contributed by atoms with E-state index in [9.17, 15) is 0 Å². The number of thiazole rings is 1. The Bertz CT molecular complexity index is 1500. The summed E-state index contributed by atoms with van der Waals surface area (Å²) >= 11 is 3.51. The first kappa shape index (κ1) is 28.9. The number of rotatable bonds is 9. The number of nitrogens with zero attached hydrogens (tertiary/aromatic N) is 4. The molecule has 4 aromatic rings. The van der Waals surface area contributed by atoms with Gasteiger partial charge in [-0.05, 0) is 61.2 Å². The number of nitrogens with one attached hydrogen (secondary N) is 2. The van der Waals surface area contributed by atoms with Gasteiger partial charge in [0.1, 0.15) is 5.82 Å². The molecule has 0 amide bonds. The molecule has 1 aliphatic heterocycles. The highest BCUT2D eigenvalue weighted by atomic mass is 32.2. The van der Waals surface area contributed by atoms with Crippen LogP contribution < -0.4 is 14.9 Å². The maximum Gasteiger partial charge on any atom is 0.227 e. The van der Waals surface area contributed by atoms with E-state index in [0.717, 1.165) is 32.5 Å². The predicted molar refractivity (Wildman–Crippen MR) is 173 cm³/mol. The number of hydrogen-bond donors (Lipinski definition) is 2. The number of hydrogen-bond acceptors (Lipinski definition) is 9. The van der Waals surface area contributed by atoms with Crippen LogP contribution in [0.25, 0.3) is 21.8 Å². The maximum atomic E-state index is 15.0. The molecular weight excluding hydrogens is 568 g/mol. The molecule has 10 heteroatoms. The van der Waals surface area contributed by atoms with Crippen molar-refractivity contribution >= 4 is 46.3 Å². The monoisotopic (exact) mass is 604 g/mol. The minimum atomic E-state index is -0.278. The Morgan fingerprint density at radius 2 is 1.83 bits per heavy atom. The minimum Gasteiger partial charge on any atom is -0.378 e. The molecule has 1 aliphatic carbocycles. The molecule has 2 aromatic carbocycles. The predicted octanol–water partition coefficient (Wildman–Crippen LogP) is 8.50. The van der Waals surface area contributed by atoms with Gasteiger partial charge >= 0.3 is 0 Å². The van der Waals surface area contributed by atoms with E-state index in [1.165, 1.54) is 38.2 Å². The Morgan fingerprint density at radius 3 is 2.62 bits per heavy atom. The smallest absolute Gasteiger partial charge is 0.227 e. The number of morpholine rings is 1. The zero-order chi connectivity index (χ0) is 28.9. The van der Waals surface area contributed by atoms with Gasteiger partial charge in [-0.3, -0.25) is 0 Å². The van der Waals surface area contributed by atoms with Crippen molar-refractivity contribution < 1.29 is 9.13 Å². The van der Waals surface area contributed by atoms with Crippen molar-refractivity contribution in [3.05, 3.63) is 65.6 Å². The van der Waals surface area contributed by atoms with Crippen LogP contribution >= 0.6 is 23.3 Å². The molecule has 1 saturated carbocycles. The molecule has 1 saturated heterocycles. The normalized spacial score (nSPS) is 16.1. The van der Waals surface area contributed by atoms with Crippen molar-refractivity contribution in [2.45, 2.75) is 57.1 Å². The average molecular weight is 605 g/mol. The standard InChI is InChI=1S/C32H37FN6OS2/c1-21(2)31-37-29(22-7-6-8-24(19-22)38-42-25-9-4-3-5-10-25)30(41-31)27-13-14-34-32(36-27)35-23-11-12-28(26(33)20-23)39-15-17-40-18-16-39/h6-8,11-14,19-21,25,38H,3-5,9-10,15-18H2,1-2H3,(H,34,35,36). The molecule has 2 aromatic heterocycles. The quantitative estimate of drug-likeness (QED) is 0.184. The first-order valence-corrected chi connectivity index (χ1v) is 16.5. The van der Waals surface area contributed by atoms with E-state index in [1.54, 1.807) is 23.6 Å². The molecule has 0 spiro atoms. The minimum absolute atomic E-state index is 0.278. The lowest BCUT2D eigenvalue weighted by Crippen LogP contribution is -2.36. The number of anilines is 4. The molecule has 220 valence electrons. The second-order valence-corrected chi connectivity index (χ2v) is 13.2. The lowest BCUT2D eigenvalue weighted by atomic mass is 10.0. The summed E-state index contributed by atoms with van der Waals surface area (Å²) in [6.07, 6.45) is 8.30. The Balaban J connectivity index is 1.24. The summed E-state index contributed by atoms with van der Waals surface area (Å²) in [5.74, 6) is 0.424. The van der Waals surface area contributed by atoms with Crippen LogP contribution in [0, 0.1) is 5.82 Å². The highest BCUT2D eigenvalue weighted by Crippen LogP contribution is 2.40. The van der Waals surface area contributed by atoms with Crippen LogP contribution in [-0.4, -0.2) is 46.5 Å². The van der Waals surface area contributed by atoms with Crippen LogP contribution in [0.3, 0.4) is 0 Å². The van der Waals surface area contributed by atoms with Gasteiger partial charge in [0.2, 0.25) is 5.95 Å². The highest BCUT2D eigenvalue weighted by Gasteiger charge is 2.20. The van der Waals surface area contributed by atoms with Crippen LogP contribution in [0.5, 0.6) is 0 Å². The number of ether oxygens (including phenoxy) is 1. The second-order valence-electron chi connectivity index (χ2n) is 11.1. The molecule has 0 atom stereocenters. The number of aromatic nitrogens is 3. The summed E-state index contributed by atoms with van der Waals surface area (Å²) in [6.45, 7) is 6.91. The van der Waals surface area contributed by atoms with Crippen molar-refractivity contribution in [2.24, 2.45) is 0 Å². The fraction of sp³-hybridized carbons (Fsp3) is 0.406. The molecule has 3 heterocycles. The van der Waals surface area contributed by atoms with Crippen LogP contribution in [0.4, 0.5) is 27.4 Å². The van der Waals surface area contributed by atoms with Gasteiger partial charge < -0.3 is 19.7 Å². The van der Waals surface area contributed by atoms with E-state index in [2.05, 4.69) is 53.1 Å². The summed E-state index contributed by atoms with van der Waals surface area (Å²) in [7, 11) is 0. The Kier molecular flexibility index (Phi) is 9.21. The van der Waals surface area contributed by atoms with Crippen molar-refractivity contribution in [3.8, 4) is 21.8 Å². The Hall–Kier alpha value is -3.21. The molecule has 6 rings (SSSR count). The van der Waals surface area contributed by atoms with Gasteiger partial charge in [-0.15, -0.1) is 11.3 Å². The summed E-state index contributed by atoms with van der Waals surface area (Å²) in [6, 6.07) is 15.6. The molecule has 7 nitrogen and oxygen atoms in total. The topological polar surface area (TPSA) is 75.2 Å². The van der Waals surface area contributed by atoms with Crippen LogP contribution in [-0.2, 0) is 4.74 Å². The van der Waals surface area contributed by atoms with Gasteiger partial charge in [-0.2, -0.15) is 0 Å². The van der Waals surface area contributed by atoms with Gasteiger partial charge in [-0.25, -0.2) is 19.3 Å². The lowest BCUT2D eigenvalue weighted by Gasteiger charge is -2.29. The first-order valence-electron chi connectivity index (χ1n) is 14.8. The third-order valence-electron chi connectivity index (χ3n) is 7.61. The summed E-state index contributed by atoms with van der Waals surface area (Å²) < 4.78 is 24.0. The fourth-order valence-electron chi connectivity index (χ4n) is 5.34. The fourth-order valence-corrected chi connectivity index (χ4v) is 7.40. The third kappa shape index (κ3) is 6.88. The van der Waals surface area contributed by atoms with E-state index < -0.39 is 0 Å². The van der Waals surface area contributed by atoms with Gasteiger partial charge in [0.15, 0.2) is 0 Å². The molecule has 2 fully saturated rings. The summed E-state index contributed by atoms with van der Waals surface area (Å²) in [4.78, 5) is 17.3. The third-order valence-corrected chi connectivity index (χ3v) is 10.1. The molecule has 2 aliphatic rings. The van der Waals surface area contributed by atoms with E-state index >= 15 is 4.39 Å². The van der Waals surface area contributed by atoms with Crippen molar-refractivity contribution in [1.29, 1.82) is 0 Å². The Morgan fingerprint density at radius 1 is 1.00 bits per heavy atom. The molecule has 0 bridgehead atoms. The van der Waals surface area contributed by atoms with Gasteiger partial charge in [0.05, 0.1) is 40.2 Å². The van der Waals surface area contributed by atoms with Crippen molar-refractivity contribution in [1.82, 2.24) is 15.0 Å². The molecule has 2 N–H and O–H groups in total. The Labute approximate surface area is 255 Å². The van der Waals surface area contributed by atoms with Crippen molar-refractivity contribution in [2.75, 3.05) is 41.2 Å². The average Bonchev–Trinajstić information content (AvgIpc) is 3.48. The van der Waals surface area contributed by atoms with E-state index in [-0.39, 0.29) is 11.7 Å². The zero-order valence-electron chi connectivity index (χ0n) is 24.1. The SMILES string of the molecule is CC(C)c1nc(-c2cccc(NSC3CCCCC3)c2)c(-c2ccnc(Nc3ccc(N4CCOCC4)c(F)c3)n2)s1. The molecular formula is C32H37FN6OS2. The zero-order valence-corrected chi connectivity index (χ0v) is 25.7. The number of benzene rings is 2. The number of halogens is 1. The van der Waals surface area contributed by atoms with Crippen LogP contribution in [0.1, 0.15) is 56.9 Å². The second kappa shape index (κ2) is 13.4. The first-order chi connectivity index (χ1) is 20.5. The molecule has 0 radical (unpaired) electrons. The maximum absolute atomic E-state index is 15.0. The highest BCUT2D eigenvalue weighted by molar-refractivity contribution is 8.01. The molecule has 0 unspecified atom stereocenters. The van der Waals surface area contributed by atoms with E-state index in [0.29, 0.717) is 48.9 Å². The van der Waals surface area contributed by atoms with Crippen LogP contribution in [0.2, 0.25) is 0 Å². The summed E-state index contributed by atoms with van der Waals surface area (Å²) in [5.41, 5.74) is 5.02. The summed E-state index contributed by atoms with van der Waals surface area (Å²) in [5, 5.41) is 4.92. The van der Waals surface area contributed by atoms with Gasteiger partial charge in [0.25, 0.3) is 0 Å². The molecule has 42 heavy (non-hydrogen) atoms. The van der Waals surface area contributed by atoms with E-state index in [1.807, 2.05) is 29.0 Å². The van der Waals surface area contributed by atoms with E-state index in [4.69, 9.17) is 14.7 Å². The largest absolute Gasteiger partial charge is 0.378 e. The van der Waals surface area contributed by atoms with Crippen molar-refractivity contribution in [3.63, 3.8) is 0 Å². The van der Waals surface area contributed by atoms with Crippen LogP contribution in [0.15, 0.2) is 54.7 Å². The van der Waals surface area contributed by atoms with Gasteiger partial charge in [-0.1, -0.05) is 45.2 Å².